The van der Waals surface area contributed by atoms with Crippen molar-refractivity contribution in [2.45, 2.75) is 116 Å². The van der Waals surface area contributed by atoms with Crippen LogP contribution in [-0.4, -0.2) is 77.2 Å². The smallest absolute Gasteiger partial charge is 0.431 e. The van der Waals surface area contributed by atoms with Crippen molar-refractivity contribution >= 4 is 12.3 Å². The van der Waals surface area contributed by atoms with Crippen molar-refractivity contribution in [1.82, 2.24) is 0 Å². The van der Waals surface area contributed by atoms with Gasteiger partial charge in [0.2, 0.25) is 5.79 Å². The van der Waals surface area contributed by atoms with Crippen LogP contribution in [0.25, 0.3) is 0 Å². The largest absolute Gasteiger partial charge is 0.508 e. The number of rotatable bonds is 8. The molecule has 0 aromatic heterocycles. The van der Waals surface area contributed by atoms with Gasteiger partial charge in [0, 0.05) is 0 Å². The second-order valence-corrected chi connectivity index (χ2v) is 12.5. The first-order chi connectivity index (χ1) is 17.8. The summed E-state index contributed by atoms with van der Waals surface area (Å²) in [5, 5.41) is 31.5. The number of hydrogen-bond donors (Lipinski definition) is 3. The molecular weight excluding hydrogens is 496 g/mol. The molecule has 10 heteroatoms. The van der Waals surface area contributed by atoms with Gasteiger partial charge in [-0.15, -0.1) is 0 Å². The van der Waals surface area contributed by atoms with Crippen LogP contribution in [0.3, 0.4) is 0 Å². The first kappa shape index (κ1) is 30.9. The molecule has 3 aliphatic rings. The second-order valence-electron chi connectivity index (χ2n) is 12.5. The topological polar surface area (TPSA) is 141 Å². The molecule has 0 amide bonds. The summed E-state index contributed by atoms with van der Waals surface area (Å²) in [6, 6.07) is 0. The van der Waals surface area contributed by atoms with Crippen LogP contribution in [0.15, 0.2) is 0 Å². The van der Waals surface area contributed by atoms with Gasteiger partial charge in [-0.3, -0.25) is 0 Å². The lowest BCUT2D eigenvalue weighted by Crippen LogP contribution is -2.47. The molecular formula is C28H48O10. The highest BCUT2D eigenvalue weighted by Gasteiger charge is 2.55. The molecule has 0 unspecified atom stereocenters. The van der Waals surface area contributed by atoms with Crippen molar-refractivity contribution in [3.05, 3.63) is 0 Å². The predicted molar refractivity (Wildman–Crippen MR) is 137 cm³/mol. The standard InChI is InChI=1S/C28H48O10/c1-15(2)19-9-7-17(5)11-21(19)36-26(31)34-13-23-24(29)25(30)28(33,38-23)14-35-27(32)37-22-12-18(6)8-10-20(22)16(3)4/h15-25,29-30,33H,7-14H2,1-6H3/t17-,18-,19+,20+,21-,22-,23-,24-,25+,28+/m1/s1. The van der Waals surface area contributed by atoms with E-state index in [1.807, 2.05) is 0 Å². The Labute approximate surface area is 226 Å². The molecule has 0 spiro atoms. The molecule has 38 heavy (non-hydrogen) atoms. The van der Waals surface area contributed by atoms with Crippen LogP contribution in [0.1, 0.15) is 80.1 Å². The fraction of sp³-hybridized carbons (Fsp3) is 0.929. The van der Waals surface area contributed by atoms with Gasteiger partial charge in [0.25, 0.3) is 0 Å². The van der Waals surface area contributed by atoms with Crippen molar-refractivity contribution in [2.24, 2.45) is 35.5 Å². The molecule has 3 fully saturated rings. The molecule has 2 saturated carbocycles. The van der Waals surface area contributed by atoms with Crippen LogP contribution < -0.4 is 0 Å². The average molecular weight is 545 g/mol. The third-order valence-electron chi connectivity index (χ3n) is 8.70. The molecule has 2 aliphatic carbocycles. The Morgan fingerprint density at radius 2 is 1.32 bits per heavy atom. The molecule has 0 bridgehead atoms. The Bertz CT molecular complexity index is 788. The number of hydrogen-bond acceptors (Lipinski definition) is 10. The van der Waals surface area contributed by atoms with E-state index >= 15 is 0 Å². The van der Waals surface area contributed by atoms with Crippen molar-refractivity contribution in [1.29, 1.82) is 0 Å². The van der Waals surface area contributed by atoms with E-state index in [0.29, 0.717) is 23.7 Å². The monoisotopic (exact) mass is 544 g/mol. The maximum atomic E-state index is 12.4. The van der Waals surface area contributed by atoms with Crippen LogP contribution >= 0.6 is 0 Å². The predicted octanol–water partition coefficient (Wildman–Crippen LogP) is 4.02. The number of aliphatic hydroxyl groups is 3. The molecule has 10 atom stereocenters. The molecule has 3 rings (SSSR count). The first-order valence-corrected chi connectivity index (χ1v) is 14.2. The van der Waals surface area contributed by atoms with E-state index in [-0.39, 0.29) is 24.0 Å². The van der Waals surface area contributed by atoms with E-state index in [4.69, 9.17) is 23.7 Å². The van der Waals surface area contributed by atoms with Gasteiger partial charge in [0.1, 0.15) is 37.1 Å². The van der Waals surface area contributed by atoms with Gasteiger partial charge in [-0.05, 0) is 61.2 Å². The Morgan fingerprint density at radius 1 is 0.842 bits per heavy atom. The Balaban J connectivity index is 1.48. The fourth-order valence-corrected chi connectivity index (χ4v) is 6.25. The van der Waals surface area contributed by atoms with Gasteiger partial charge in [0.15, 0.2) is 6.61 Å². The van der Waals surface area contributed by atoms with E-state index in [1.165, 1.54) is 0 Å². The molecule has 1 heterocycles. The van der Waals surface area contributed by atoms with Crippen molar-refractivity contribution in [3.63, 3.8) is 0 Å². The number of carbonyl (C=O) groups excluding carboxylic acids is 2. The van der Waals surface area contributed by atoms with Crippen LogP contribution in [0, 0.1) is 35.5 Å². The Hall–Kier alpha value is -1.62. The zero-order valence-electron chi connectivity index (χ0n) is 23.7. The molecule has 1 saturated heterocycles. The highest BCUT2D eigenvalue weighted by atomic mass is 16.8. The van der Waals surface area contributed by atoms with Gasteiger partial charge < -0.3 is 39.0 Å². The highest BCUT2D eigenvalue weighted by Crippen LogP contribution is 2.37. The maximum absolute atomic E-state index is 12.4. The summed E-state index contributed by atoms with van der Waals surface area (Å²) < 4.78 is 26.8. The van der Waals surface area contributed by atoms with E-state index in [1.54, 1.807) is 0 Å². The summed E-state index contributed by atoms with van der Waals surface area (Å²) >= 11 is 0. The van der Waals surface area contributed by atoms with E-state index in [2.05, 4.69) is 41.5 Å². The summed E-state index contributed by atoms with van der Waals surface area (Å²) in [6.07, 6.45) is -1.45. The minimum absolute atomic E-state index is 0.214. The normalized spacial score (nSPS) is 39.7. The number of ether oxygens (including phenoxy) is 5. The van der Waals surface area contributed by atoms with E-state index in [9.17, 15) is 24.9 Å². The number of aliphatic hydroxyl groups excluding tert-OH is 2. The average Bonchev–Trinajstić information content (AvgIpc) is 3.05. The quantitative estimate of drug-likeness (QED) is 0.384. The summed E-state index contributed by atoms with van der Waals surface area (Å²) in [4.78, 5) is 24.8. The van der Waals surface area contributed by atoms with Gasteiger partial charge >= 0.3 is 12.3 Å². The molecule has 1 aliphatic heterocycles. The third-order valence-corrected chi connectivity index (χ3v) is 8.70. The second kappa shape index (κ2) is 13.2. The highest BCUT2D eigenvalue weighted by molar-refractivity contribution is 5.60. The summed E-state index contributed by atoms with van der Waals surface area (Å²) in [7, 11) is 0. The molecule has 10 nitrogen and oxygen atoms in total. The molecule has 0 aromatic rings. The summed E-state index contributed by atoms with van der Waals surface area (Å²) in [5.74, 6) is -0.367. The lowest BCUT2D eigenvalue weighted by molar-refractivity contribution is -0.250. The van der Waals surface area contributed by atoms with Gasteiger partial charge in [-0.2, -0.15) is 0 Å². The molecule has 0 radical (unpaired) electrons. The molecule has 220 valence electrons. The van der Waals surface area contributed by atoms with Crippen LogP contribution in [0.4, 0.5) is 9.59 Å². The Kier molecular flexibility index (Phi) is 10.7. The zero-order valence-corrected chi connectivity index (χ0v) is 23.7. The van der Waals surface area contributed by atoms with E-state index in [0.717, 1.165) is 38.5 Å². The third kappa shape index (κ3) is 7.73. The first-order valence-electron chi connectivity index (χ1n) is 14.2. The van der Waals surface area contributed by atoms with Crippen LogP contribution in [-0.2, 0) is 23.7 Å². The summed E-state index contributed by atoms with van der Waals surface area (Å²) in [5.41, 5.74) is 0. The van der Waals surface area contributed by atoms with Crippen molar-refractivity contribution in [2.75, 3.05) is 13.2 Å². The van der Waals surface area contributed by atoms with Crippen LogP contribution in [0.5, 0.6) is 0 Å². The molecule has 3 N–H and O–H groups in total. The lowest BCUT2D eigenvalue weighted by Gasteiger charge is -2.36. The zero-order chi connectivity index (χ0) is 28.2. The van der Waals surface area contributed by atoms with Crippen LogP contribution in [0.2, 0.25) is 0 Å². The Morgan fingerprint density at radius 3 is 1.79 bits per heavy atom. The van der Waals surface area contributed by atoms with Gasteiger partial charge in [0.05, 0.1) is 0 Å². The molecule has 0 aromatic carbocycles. The van der Waals surface area contributed by atoms with Crippen molar-refractivity contribution < 1.29 is 48.6 Å². The fourth-order valence-electron chi connectivity index (χ4n) is 6.25. The minimum Gasteiger partial charge on any atom is -0.431 e. The van der Waals surface area contributed by atoms with Crippen molar-refractivity contribution in [3.8, 4) is 0 Å². The summed E-state index contributed by atoms with van der Waals surface area (Å²) in [6.45, 7) is 11.4. The number of carbonyl (C=O) groups is 2. The minimum atomic E-state index is -2.38. The maximum Gasteiger partial charge on any atom is 0.508 e. The SMILES string of the molecule is CC(C)[C@@H]1CC[C@@H](C)C[C@H]1OC(=O)OC[C@H]1O[C@@](O)(COC(=O)O[C@@H]2C[C@H](C)CC[C@H]2C(C)C)[C@@H](O)[C@@H]1O. The van der Waals surface area contributed by atoms with E-state index < -0.39 is 49.6 Å². The van der Waals surface area contributed by atoms with Gasteiger partial charge in [-0.25, -0.2) is 9.59 Å². The van der Waals surface area contributed by atoms with Gasteiger partial charge in [-0.1, -0.05) is 54.4 Å². The lowest BCUT2D eigenvalue weighted by atomic mass is 9.75.